The minimum Gasteiger partial charge on any atom is -0.493 e. The lowest BCUT2D eigenvalue weighted by atomic mass is 9.95. The number of benzene rings is 2. The molecule has 11 nitrogen and oxygen atoms in total. The summed E-state index contributed by atoms with van der Waals surface area (Å²) in [5, 5.41) is 9.26. The molecule has 236 valence electrons. The van der Waals surface area contributed by atoms with Gasteiger partial charge in [-0.15, -0.1) is 0 Å². The molecule has 5 rings (SSSR count). The molecule has 1 aliphatic carbocycles. The van der Waals surface area contributed by atoms with Crippen molar-refractivity contribution < 1.29 is 23.8 Å². The molecule has 0 spiro atoms. The van der Waals surface area contributed by atoms with Crippen LogP contribution in [0.5, 0.6) is 17.2 Å². The second-order valence-corrected chi connectivity index (χ2v) is 11.2. The van der Waals surface area contributed by atoms with Gasteiger partial charge in [-0.2, -0.15) is 0 Å². The van der Waals surface area contributed by atoms with E-state index >= 15 is 0 Å². The molecule has 0 bridgehead atoms. The maximum atomic E-state index is 13.9. The van der Waals surface area contributed by atoms with Crippen LogP contribution in [0.2, 0.25) is 0 Å². The molecule has 45 heavy (non-hydrogen) atoms. The quantitative estimate of drug-likeness (QED) is 0.191. The van der Waals surface area contributed by atoms with E-state index in [1.807, 2.05) is 38.1 Å². The monoisotopic (exact) mass is 613 g/mol. The summed E-state index contributed by atoms with van der Waals surface area (Å²) in [6, 6.07) is 11.3. The largest absolute Gasteiger partial charge is 0.493 e. The summed E-state index contributed by atoms with van der Waals surface area (Å²) in [7, 11) is 4.66. The van der Waals surface area contributed by atoms with Gasteiger partial charge >= 0.3 is 0 Å². The predicted molar refractivity (Wildman–Crippen MR) is 174 cm³/mol. The van der Waals surface area contributed by atoms with Gasteiger partial charge in [0.15, 0.2) is 11.5 Å². The smallest absolute Gasteiger partial charge is 0.247 e. The van der Waals surface area contributed by atoms with Crippen molar-refractivity contribution in [3.05, 3.63) is 70.1 Å². The number of aromatic amines is 1. The SMILES string of the molecule is CC[C@@H](C)[C@H](Nc1ccc2c(cc1=O)[C@@H](NC(C)=O)CCc1cc(OC)c(OC)c(OC)c1-2)C(=O)Nc1ccc2nc[nH]c2c1. The number of aromatic nitrogens is 2. The third-order valence-electron chi connectivity index (χ3n) is 8.41. The van der Waals surface area contributed by atoms with E-state index in [0.29, 0.717) is 53.3 Å². The fraction of sp³-hybridized carbons (Fsp3) is 0.353. The number of H-pyrrole nitrogens is 1. The van der Waals surface area contributed by atoms with Crippen LogP contribution in [0.3, 0.4) is 0 Å². The summed E-state index contributed by atoms with van der Waals surface area (Å²) in [6.07, 6.45) is 3.44. The van der Waals surface area contributed by atoms with Crippen LogP contribution in [0.25, 0.3) is 22.2 Å². The van der Waals surface area contributed by atoms with Crippen molar-refractivity contribution in [3.63, 3.8) is 0 Å². The molecular weight excluding hydrogens is 574 g/mol. The lowest BCUT2D eigenvalue weighted by molar-refractivity contribution is -0.120. The van der Waals surface area contributed by atoms with Crippen LogP contribution in [-0.2, 0) is 16.0 Å². The topological polar surface area (TPSA) is 144 Å². The van der Waals surface area contributed by atoms with Crippen molar-refractivity contribution in [3.8, 4) is 28.4 Å². The number of nitrogens with one attached hydrogen (secondary N) is 4. The maximum Gasteiger partial charge on any atom is 0.247 e. The fourth-order valence-electron chi connectivity index (χ4n) is 5.93. The first-order valence-electron chi connectivity index (χ1n) is 15.0. The summed E-state index contributed by atoms with van der Waals surface area (Å²) < 4.78 is 17.2. The van der Waals surface area contributed by atoms with E-state index in [9.17, 15) is 14.4 Å². The molecule has 0 radical (unpaired) electrons. The third-order valence-corrected chi connectivity index (χ3v) is 8.41. The van der Waals surface area contributed by atoms with Crippen molar-refractivity contribution in [1.82, 2.24) is 15.3 Å². The standard InChI is InChI=1S/C34H39N5O6/c1-7-18(2)31(34(42)38-21-9-12-25-27(15-21)36-17-35-25)39-26-13-10-22-23(16-28(26)41)24(37-19(3)40)11-8-20-14-29(43-4)32(44-5)33(45-6)30(20)22/h9-10,12-18,24,31H,7-8,11H2,1-6H3,(H,35,36)(H,37,40)(H,38,42)(H,39,41)/t18-,24+,31+/m1/s1. The molecule has 1 heterocycles. The zero-order valence-electron chi connectivity index (χ0n) is 26.4. The number of carbonyl (C=O) groups excluding carboxylic acids is 2. The molecule has 1 aromatic heterocycles. The number of nitrogens with zero attached hydrogens (tertiary/aromatic N) is 1. The number of amides is 2. The van der Waals surface area contributed by atoms with Crippen LogP contribution >= 0.6 is 0 Å². The van der Waals surface area contributed by atoms with Gasteiger partial charge in [0.25, 0.3) is 0 Å². The Morgan fingerprint density at radius 2 is 1.82 bits per heavy atom. The molecule has 11 heteroatoms. The fourth-order valence-corrected chi connectivity index (χ4v) is 5.93. The molecule has 1 aliphatic rings. The number of rotatable bonds is 10. The average Bonchev–Trinajstić information content (AvgIpc) is 3.38. The number of hydrogen-bond acceptors (Lipinski definition) is 8. The Morgan fingerprint density at radius 3 is 2.51 bits per heavy atom. The molecule has 0 aliphatic heterocycles. The van der Waals surface area contributed by atoms with Gasteiger partial charge in [-0.1, -0.05) is 26.3 Å². The van der Waals surface area contributed by atoms with E-state index < -0.39 is 12.1 Å². The zero-order chi connectivity index (χ0) is 32.2. The molecule has 0 saturated heterocycles. The third kappa shape index (κ3) is 6.29. The Balaban J connectivity index is 1.60. The van der Waals surface area contributed by atoms with E-state index in [4.69, 9.17) is 14.2 Å². The summed E-state index contributed by atoms with van der Waals surface area (Å²) >= 11 is 0. The van der Waals surface area contributed by atoms with Gasteiger partial charge in [-0.05, 0) is 71.8 Å². The first kappa shape index (κ1) is 31.4. The lowest BCUT2D eigenvalue weighted by Crippen LogP contribution is -2.40. The van der Waals surface area contributed by atoms with Gasteiger partial charge in [0, 0.05) is 18.2 Å². The van der Waals surface area contributed by atoms with Crippen molar-refractivity contribution in [2.45, 2.75) is 52.1 Å². The van der Waals surface area contributed by atoms with E-state index in [1.165, 1.54) is 6.92 Å². The number of fused-ring (bicyclic) bond motifs is 4. The highest BCUT2D eigenvalue weighted by Crippen LogP contribution is 2.50. The number of carbonyl (C=O) groups is 2. The molecule has 0 saturated carbocycles. The molecule has 4 aromatic rings. The van der Waals surface area contributed by atoms with Crippen LogP contribution in [0.1, 0.15) is 50.8 Å². The van der Waals surface area contributed by atoms with Gasteiger partial charge in [0.2, 0.25) is 23.0 Å². The number of ether oxygens (including phenoxy) is 3. The Bertz CT molecular complexity index is 1800. The normalized spacial score (nSPS) is 15.1. The van der Waals surface area contributed by atoms with E-state index in [2.05, 4.69) is 25.9 Å². The zero-order valence-corrected chi connectivity index (χ0v) is 26.4. The summed E-state index contributed by atoms with van der Waals surface area (Å²) in [4.78, 5) is 47.1. The summed E-state index contributed by atoms with van der Waals surface area (Å²) in [5.74, 6) is 0.837. The van der Waals surface area contributed by atoms with Crippen molar-refractivity contribution in [2.24, 2.45) is 5.92 Å². The molecule has 3 atom stereocenters. The van der Waals surface area contributed by atoms with Gasteiger partial charge in [0.1, 0.15) is 6.04 Å². The molecule has 3 aromatic carbocycles. The van der Waals surface area contributed by atoms with Crippen molar-refractivity contribution in [2.75, 3.05) is 32.0 Å². The molecular formula is C34H39N5O6. The van der Waals surface area contributed by atoms with Gasteiger partial charge in [0.05, 0.1) is 50.4 Å². The Morgan fingerprint density at radius 1 is 1.04 bits per heavy atom. The summed E-state index contributed by atoms with van der Waals surface area (Å²) in [5.41, 5.74) is 5.20. The maximum absolute atomic E-state index is 13.9. The Labute approximate surface area is 261 Å². The first-order valence-corrected chi connectivity index (χ1v) is 15.0. The second kappa shape index (κ2) is 13.3. The predicted octanol–water partition coefficient (Wildman–Crippen LogP) is 5.20. The molecule has 0 unspecified atom stereocenters. The van der Waals surface area contributed by atoms with Gasteiger partial charge < -0.3 is 35.1 Å². The molecule has 4 N–H and O–H groups in total. The number of methoxy groups -OCH3 is 3. The second-order valence-electron chi connectivity index (χ2n) is 11.2. The number of imidazole rings is 1. The highest BCUT2D eigenvalue weighted by molar-refractivity contribution is 5.98. The van der Waals surface area contributed by atoms with E-state index in [-0.39, 0.29) is 28.8 Å². The Hall–Kier alpha value is -5.06. The van der Waals surface area contributed by atoms with Crippen LogP contribution in [0.4, 0.5) is 11.4 Å². The van der Waals surface area contributed by atoms with Crippen LogP contribution in [0, 0.1) is 5.92 Å². The van der Waals surface area contributed by atoms with Gasteiger partial charge in [-0.3, -0.25) is 14.4 Å². The number of hydrogen-bond donors (Lipinski definition) is 4. The Kier molecular flexibility index (Phi) is 9.26. The van der Waals surface area contributed by atoms with Crippen LogP contribution < -0.4 is 35.6 Å². The van der Waals surface area contributed by atoms with Crippen molar-refractivity contribution in [1.29, 1.82) is 0 Å². The molecule has 2 amide bonds. The first-order chi connectivity index (χ1) is 21.7. The number of aryl methyl sites for hydroxylation is 1. The average molecular weight is 614 g/mol. The van der Waals surface area contributed by atoms with E-state index in [1.54, 1.807) is 45.9 Å². The lowest BCUT2D eigenvalue weighted by Gasteiger charge is -2.24. The van der Waals surface area contributed by atoms with Gasteiger partial charge in [-0.25, -0.2) is 4.98 Å². The minimum atomic E-state index is -0.709. The van der Waals surface area contributed by atoms with Crippen LogP contribution in [-0.4, -0.2) is 49.2 Å². The molecule has 0 fully saturated rings. The van der Waals surface area contributed by atoms with E-state index in [0.717, 1.165) is 22.2 Å². The number of anilines is 2. The highest BCUT2D eigenvalue weighted by atomic mass is 16.5. The van der Waals surface area contributed by atoms with Crippen LogP contribution in [0.15, 0.2) is 53.6 Å². The summed E-state index contributed by atoms with van der Waals surface area (Å²) in [6.45, 7) is 5.42. The minimum absolute atomic E-state index is 0.103. The van der Waals surface area contributed by atoms with Crippen molar-refractivity contribution >= 4 is 34.2 Å². The highest BCUT2D eigenvalue weighted by Gasteiger charge is 2.30.